The lowest BCUT2D eigenvalue weighted by Crippen LogP contribution is -2.40. The van der Waals surface area contributed by atoms with Crippen LogP contribution in [0.15, 0.2) is 59.6 Å². The number of carbonyl (C=O) groups is 1. The summed E-state index contributed by atoms with van der Waals surface area (Å²) in [5.74, 6) is 0.562. The molecule has 0 aromatic heterocycles. The molecule has 30 heavy (non-hydrogen) atoms. The number of aliphatic imine (C=N–C) groups is 1. The highest BCUT2D eigenvalue weighted by molar-refractivity contribution is 5.81. The van der Waals surface area contributed by atoms with Crippen LogP contribution >= 0.6 is 0 Å². The lowest BCUT2D eigenvalue weighted by atomic mass is 10.1. The molecule has 0 aliphatic heterocycles. The highest BCUT2D eigenvalue weighted by Crippen LogP contribution is 2.29. The summed E-state index contributed by atoms with van der Waals surface area (Å²) in [5, 5.41) is 6.17. The molecule has 0 fully saturated rings. The van der Waals surface area contributed by atoms with Crippen molar-refractivity contribution in [1.29, 1.82) is 0 Å². The molecule has 0 atom stereocenters. The molecule has 0 radical (unpaired) electrons. The zero-order chi connectivity index (χ0) is 22.0. The zero-order valence-electron chi connectivity index (χ0n) is 17.2. The molecule has 0 bridgehead atoms. The SMILES string of the molecule is CN=C(NCCC(=O)N(C)Cc1ccccc1)NCCc1ccc(C(F)(F)F)cc1. The number of carbonyl (C=O) groups excluding carboxylic acids is 1. The average molecular weight is 420 g/mol. The number of nitrogens with zero attached hydrogens (tertiary/aromatic N) is 2. The van der Waals surface area contributed by atoms with Gasteiger partial charge in [-0.05, 0) is 29.7 Å². The summed E-state index contributed by atoms with van der Waals surface area (Å²) in [6.07, 6.45) is -3.45. The van der Waals surface area contributed by atoms with Gasteiger partial charge in [-0.15, -0.1) is 0 Å². The lowest BCUT2D eigenvalue weighted by Gasteiger charge is -2.18. The van der Waals surface area contributed by atoms with Gasteiger partial charge in [-0.25, -0.2) is 0 Å². The van der Waals surface area contributed by atoms with Crippen molar-refractivity contribution in [2.75, 3.05) is 27.2 Å². The van der Waals surface area contributed by atoms with Crippen LogP contribution in [0.4, 0.5) is 13.2 Å². The van der Waals surface area contributed by atoms with E-state index in [9.17, 15) is 18.0 Å². The van der Waals surface area contributed by atoms with Gasteiger partial charge in [0.1, 0.15) is 0 Å². The molecule has 2 aromatic rings. The maximum atomic E-state index is 12.6. The highest BCUT2D eigenvalue weighted by Gasteiger charge is 2.29. The van der Waals surface area contributed by atoms with Crippen LogP contribution in [-0.4, -0.2) is 44.0 Å². The van der Waals surface area contributed by atoms with Gasteiger partial charge in [0.25, 0.3) is 0 Å². The van der Waals surface area contributed by atoms with Gasteiger partial charge in [0.05, 0.1) is 5.56 Å². The molecule has 162 valence electrons. The van der Waals surface area contributed by atoms with Gasteiger partial charge in [-0.1, -0.05) is 42.5 Å². The third-order valence-electron chi connectivity index (χ3n) is 4.53. The molecule has 2 N–H and O–H groups in total. The molecular weight excluding hydrogens is 393 g/mol. The summed E-state index contributed by atoms with van der Waals surface area (Å²) in [7, 11) is 3.39. The van der Waals surface area contributed by atoms with Crippen molar-refractivity contribution in [2.45, 2.75) is 25.6 Å². The molecule has 0 unspecified atom stereocenters. The lowest BCUT2D eigenvalue weighted by molar-refractivity contribution is -0.137. The fourth-order valence-electron chi connectivity index (χ4n) is 2.83. The average Bonchev–Trinajstić information content (AvgIpc) is 2.73. The molecule has 0 heterocycles. The quantitative estimate of drug-likeness (QED) is 0.508. The van der Waals surface area contributed by atoms with Gasteiger partial charge in [-0.3, -0.25) is 9.79 Å². The molecule has 2 rings (SSSR count). The van der Waals surface area contributed by atoms with E-state index < -0.39 is 11.7 Å². The summed E-state index contributed by atoms with van der Waals surface area (Å²) in [6.45, 7) is 1.49. The topological polar surface area (TPSA) is 56.7 Å². The molecule has 0 saturated heterocycles. The van der Waals surface area contributed by atoms with Crippen LogP contribution in [0.1, 0.15) is 23.1 Å². The predicted octanol–water partition coefficient (Wildman–Crippen LogP) is 3.46. The van der Waals surface area contributed by atoms with Crippen molar-refractivity contribution < 1.29 is 18.0 Å². The Kier molecular flexibility index (Phi) is 8.70. The Labute approximate surface area is 175 Å². The fourth-order valence-corrected chi connectivity index (χ4v) is 2.83. The third kappa shape index (κ3) is 7.77. The molecule has 5 nitrogen and oxygen atoms in total. The van der Waals surface area contributed by atoms with E-state index in [0.717, 1.165) is 23.3 Å². The Morgan fingerprint density at radius 3 is 2.20 bits per heavy atom. The second kappa shape index (κ2) is 11.2. The van der Waals surface area contributed by atoms with Gasteiger partial charge in [-0.2, -0.15) is 13.2 Å². The second-order valence-electron chi connectivity index (χ2n) is 6.86. The number of nitrogens with one attached hydrogen (secondary N) is 2. The van der Waals surface area contributed by atoms with Crippen molar-refractivity contribution in [3.8, 4) is 0 Å². The van der Waals surface area contributed by atoms with Gasteiger partial charge >= 0.3 is 6.18 Å². The van der Waals surface area contributed by atoms with E-state index >= 15 is 0 Å². The van der Waals surface area contributed by atoms with E-state index in [2.05, 4.69) is 15.6 Å². The number of guanidine groups is 1. The van der Waals surface area contributed by atoms with Crippen LogP contribution in [-0.2, 0) is 23.9 Å². The summed E-state index contributed by atoms with van der Waals surface area (Å²) >= 11 is 0. The number of benzene rings is 2. The second-order valence-corrected chi connectivity index (χ2v) is 6.86. The normalized spacial score (nSPS) is 11.8. The standard InChI is InChI=1S/C22H27F3N4O/c1-26-21(27-14-12-17-8-10-19(11-9-17)22(23,24)25)28-15-13-20(30)29(2)16-18-6-4-3-5-7-18/h3-11H,12-16H2,1-2H3,(H2,26,27,28). The van der Waals surface area contributed by atoms with E-state index in [0.29, 0.717) is 38.4 Å². The molecular formula is C22H27F3N4O. The first-order valence-corrected chi connectivity index (χ1v) is 9.68. The molecule has 0 spiro atoms. The van der Waals surface area contributed by atoms with Crippen LogP contribution in [0.2, 0.25) is 0 Å². The molecule has 0 aliphatic rings. The van der Waals surface area contributed by atoms with Crippen LogP contribution in [0.3, 0.4) is 0 Å². The fraction of sp³-hybridized carbons (Fsp3) is 0.364. The van der Waals surface area contributed by atoms with Crippen LogP contribution in [0, 0.1) is 0 Å². The first kappa shape index (κ1) is 23.3. The third-order valence-corrected chi connectivity index (χ3v) is 4.53. The van der Waals surface area contributed by atoms with E-state index in [1.54, 1.807) is 19.0 Å². The number of hydrogen-bond acceptors (Lipinski definition) is 2. The molecule has 0 aliphatic carbocycles. The zero-order valence-corrected chi connectivity index (χ0v) is 17.2. The smallest absolute Gasteiger partial charge is 0.356 e. The predicted molar refractivity (Wildman–Crippen MR) is 112 cm³/mol. The number of halogens is 3. The maximum absolute atomic E-state index is 12.6. The summed E-state index contributed by atoms with van der Waals surface area (Å²) in [5.41, 5.74) is 1.21. The Morgan fingerprint density at radius 2 is 1.60 bits per heavy atom. The Bertz CT molecular complexity index is 821. The molecule has 2 aromatic carbocycles. The van der Waals surface area contributed by atoms with Gasteiger partial charge in [0, 0.05) is 40.2 Å². The Balaban J connectivity index is 1.68. The Morgan fingerprint density at radius 1 is 0.967 bits per heavy atom. The first-order valence-electron chi connectivity index (χ1n) is 9.68. The maximum Gasteiger partial charge on any atom is 0.416 e. The first-order chi connectivity index (χ1) is 14.3. The van der Waals surface area contributed by atoms with Gasteiger partial charge in [0.2, 0.25) is 5.91 Å². The number of alkyl halides is 3. The summed E-state index contributed by atoms with van der Waals surface area (Å²) in [6, 6.07) is 14.9. The molecule has 8 heteroatoms. The largest absolute Gasteiger partial charge is 0.416 e. The van der Waals surface area contributed by atoms with E-state index in [1.165, 1.54) is 12.1 Å². The van der Waals surface area contributed by atoms with E-state index in [4.69, 9.17) is 0 Å². The van der Waals surface area contributed by atoms with E-state index in [1.807, 2.05) is 30.3 Å². The van der Waals surface area contributed by atoms with Crippen LogP contribution < -0.4 is 10.6 Å². The monoisotopic (exact) mass is 420 g/mol. The molecule has 1 amide bonds. The van der Waals surface area contributed by atoms with Crippen LogP contribution in [0.5, 0.6) is 0 Å². The highest BCUT2D eigenvalue weighted by atomic mass is 19.4. The minimum absolute atomic E-state index is 0.0200. The van der Waals surface area contributed by atoms with Gasteiger partial charge < -0.3 is 15.5 Å². The van der Waals surface area contributed by atoms with Crippen molar-refractivity contribution in [3.05, 3.63) is 71.3 Å². The number of amides is 1. The van der Waals surface area contributed by atoms with E-state index in [-0.39, 0.29) is 5.91 Å². The minimum atomic E-state index is -4.32. The molecule has 0 saturated carbocycles. The number of rotatable bonds is 8. The summed E-state index contributed by atoms with van der Waals surface area (Å²) < 4.78 is 37.8. The van der Waals surface area contributed by atoms with Crippen LogP contribution in [0.25, 0.3) is 0 Å². The van der Waals surface area contributed by atoms with Crippen molar-refractivity contribution in [1.82, 2.24) is 15.5 Å². The van der Waals surface area contributed by atoms with Crippen molar-refractivity contribution in [2.24, 2.45) is 4.99 Å². The number of hydrogen-bond donors (Lipinski definition) is 2. The van der Waals surface area contributed by atoms with Crippen molar-refractivity contribution >= 4 is 11.9 Å². The van der Waals surface area contributed by atoms with Crippen molar-refractivity contribution in [3.63, 3.8) is 0 Å². The summed E-state index contributed by atoms with van der Waals surface area (Å²) in [4.78, 5) is 18.0. The minimum Gasteiger partial charge on any atom is -0.356 e. The van der Waals surface area contributed by atoms with Gasteiger partial charge in [0.15, 0.2) is 5.96 Å². The Hall–Kier alpha value is -3.03.